The zero-order valence-electron chi connectivity index (χ0n) is 8.33. The topological polar surface area (TPSA) is 27.7 Å². The average Bonchev–Trinajstić information content (AvgIpc) is 2.12. The molecule has 0 amide bonds. The van der Waals surface area contributed by atoms with Crippen LogP contribution in [0.2, 0.25) is 5.82 Å². The standard InChI is InChI=1S/C8H16BFO3/c1-11-4-6-8(12-2)7(10)5(9)3-13-6/h5-8H,3-4,9H2,1-2H3/t5-,6-,7+,8-/m1/s1. The van der Waals surface area contributed by atoms with Gasteiger partial charge in [-0.05, 0) is 5.82 Å². The molecule has 1 saturated heterocycles. The minimum absolute atomic E-state index is 0.0990. The Bertz CT molecular complexity index is 158. The lowest BCUT2D eigenvalue weighted by Gasteiger charge is -2.36. The molecule has 0 unspecified atom stereocenters. The maximum absolute atomic E-state index is 13.6. The number of halogens is 1. The van der Waals surface area contributed by atoms with Crippen molar-refractivity contribution in [2.45, 2.75) is 24.2 Å². The molecule has 1 rings (SSSR count). The first kappa shape index (κ1) is 11.0. The third kappa shape index (κ3) is 2.42. The van der Waals surface area contributed by atoms with Crippen molar-refractivity contribution in [3.05, 3.63) is 0 Å². The normalized spacial score (nSPS) is 40.5. The van der Waals surface area contributed by atoms with Gasteiger partial charge in [-0.25, -0.2) is 4.39 Å². The van der Waals surface area contributed by atoms with E-state index in [1.807, 2.05) is 7.85 Å². The first-order chi connectivity index (χ1) is 6.20. The first-order valence-electron chi connectivity index (χ1n) is 4.48. The Kier molecular flexibility index (Phi) is 4.16. The van der Waals surface area contributed by atoms with Gasteiger partial charge in [-0.2, -0.15) is 0 Å². The number of rotatable bonds is 3. The average molecular weight is 190 g/mol. The Labute approximate surface area is 78.9 Å². The molecular weight excluding hydrogens is 174 g/mol. The van der Waals surface area contributed by atoms with E-state index >= 15 is 0 Å². The van der Waals surface area contributed by atoms with Crippen molar-refractivity contribution in [2.75, 3.05) is 27.4 Å². The van der Waals surface area contributed by atoms with Crippen LogP contribution in [0.3, 0.4) is 0 Å². The van der Waals surface area contributed by atoms with Gasteiger partial charge in [0.1, 0.15) is 26.2 Å². The number of hydrogen-bond donors (Lipinski definition) is 0. The Morgan fingerprint density at radius 1 is 1.54 bits per heavy atom. The second-order valence-corrected chi connectivity index (χ2v) is 3.45. The quantitative estimate of drug-likeness (QED) is 0.577. The van der Waals surface area contributed by atoms with Gasteiger partial charge < -0.3 is 14.2 Å². The third-order valence-corrected chi connectivity index (χ3v) is 2.40. The molecule has 0 spiro atoms. The maximum atomic E-state index is 13.6. The highest BCUT2D eigenvalue weighted by molar-refractivity contribution is 6.12. The smallest absolute Gasteiger partial charge is 0.127 e. The SMILES string of the molecule is B[C@@H]1CO[C@H](COC)[C@@H](OC)[C@H]1F. The molecule has 5 heteroatoms. The Morgan fingerprint density at radius 2 is 2.23 bits per heavy atom. The van der Waals surface area contributed by atoms with Crippen LogP contribution in [0.15, 0.2) is 0 Å². The molecule has 0 aromatic rings. The van der Waals surface area contributed by atoms with Crippen molar-refractivity contribution in [2.24, 2.45) is 0 Å². The molecule has 1 aliphatic heterocycles. The number of methoxy groups -OCH3 is 2. The summed E-state index contributed by atoms with van der Waals surface area (Å²) in [6.45, 7) is 0.820. The van der Waals surface area contributed by atoms with E-state index in [9.17, 15) is 4.39 Å². The molecule has 0 bridgehead atoms. The van der Waals surface area contributed by atoms with Crippen LogP contribution in [0.4, 0.5) is 4.39 Å². The minimum atomic E-state index is -0.959. The molecule has 3 nitrogen and oxygen atoms in total. The van der Waals surface area contributed by atoms with Crippen LogP contribution in [0, 0.1) is 0 Å². The molecular formula is C8H16BFO3. The molecule has 1 aliphatic rings. The van der Waals surface area contributed by atoms with E-state index in [0.717, 1.165) is 0 Å². The van der Waals surface area contributed by atoms with Gasteiger partial charge in [-0.3, -0.25) is 0 Å². The highest BCUT2D eigenvalue weighted by atomic mass is 19.1. The molecule has 0 aromatic carbocycles. The summed E-state index contributed by atoms with van der Waals surface area (Å²) >= 11 is 0. The van der Waals surface area contributed by atoms with Crippen molar-refractivity contribution in [3.8, 4) is 0 Å². The predicted molar refractivity (Wildman–Crippen MR) is 49.6 cm³/mol. The van der Waals surface area contributed by atoms with E-state index in [-0.39, 0.29) is 11.9 Å². The van der Waals surface area contributed by atoms with Crippen LogP contribution in [0.5, 0.6) is 0 Å². The van der Waals surface area contributed by atoms with Crippen molar-refractivity contribution in [1.29, 1.82) is 0 Å². The summed E-state index contributed by atoms with van der Waals surface area (Å²) in [4.78, 5) is 0. The van der Waals surface area contributed by atoms with Crippen LogP contribution in [0.25, 0.3) is 0 Å². The van der Waals surface area contributed by atoms with Gasteiger partial charge in [-0.15, -0.1) is 0 Å². The van der Waals surface area contributed by atoms with Crippen LogP contribution in [0.1, 0.15) is 0 Å². The molecule has 0 radical (unpaired) electrons. The van der Waals surface area contributed by atoms with Crippen molar-refractivity contribution < 1.29 is 18.6 Å². The van der Waals surface area contributed by atoms with E-state index in [1.165, 1.54) is 7.11 Å². The fraction of sp³-hybridized carbons (Fsp3) is 1.00. The van der Waals surface area contributed by atoms with Crippen LogP contribution in [-0.2, 0) is 14.2 Å². The van der Waals surface area contributed by atoms with Crippen molar-refractivity contribution in [1.82, 2.24) is 0 Å². The fourth-order valence-corrected chi connectivity index (χ4v) is 1.58. The number of ether oxygens (including phenoxy) is 3. The highest BCUT2D eigenvalue weighted by Crippen LogP contribution is 2.27. The molecule has 4 atom stereocenters. The number of alkyl halides is 1. The van der Waals surface area contributed by atoms with Crippen molar-refractivity contribution in [3.63, 3.8) is 0 Å². The molecule has 0 aliphatic carbocycles. The zero-order chi connectivity index (χ0) is 9.84. The van der Waals surface area contributed by atoms with E-state index in [4.69, 9.17) is 14.2 Å². The summed E-state index contributed by atoms with van der Waals surface area (Å²) in [5.41, 5.74) is 0. The molecule has 1 fully saturated rings. The van der Waals surface area contributed by atoms with E-state index in [2.05, 4.69) is 0 Å². The lowest BCUT2D eigenvalue weighted by Crippen LogP contribution is -2.48. The summed E-state index contributed by atoms with van der Waals surface area (Å²) in [5, 5.41) is 0. The van der Waals surface area contributed by atoms with Crippen LogP contribution >= 0.6 is 0 Å². The summed E-state index contributed by atoms with van der Waals surface area (Å²) < 4.78 is 29.0. The summed E-state index contributed by atoms with van der Waals surface area (Å²) in [6, 6.07) is 0. The van der Waals surface area contributed by atoms with Gasteiger partial charge in [0.2, 0.25) is 0 Å². The minimum Gasteiger partial charge on any atom is -0.382 e. The van der Waals surface area contributed by atoms with Gasteiger partial charge in [0, 0.05) is 20.8 Å². The lowest BCUT2D eigenvalue weighted by molar-refractivity contribution is -0.144. The second-order valence-electron chi connectivity index (χ2n) is 3.45. The monoisotopic (exact) mass is 190 g/mol. The molecule has 13 heavy (non-hydrogen) atoms. The lowest BCUT2D eigenvalue weighted by atomic mass is 9.79. The largest absolute Gasteiger partial charge is 0.382 e. The van der Waals surface area contributed by atoms with Crippen molar-refractivity contribution >= 4 is 7.85 Å². The zero-order valence-corrected chi connectivity index (χ0v) is 8.33. The Morgan fingerprint density at radius 3 is 2.77 bits per heavy atom. The molecule has 1 heterocycles. The summed E-state index contributed by atoms with van der Waals surface area (Å²) in [6.07, 6.45) is -1.73. The van der Waals surface area contributed by atoms with Gasteiger partial charge in [-0.1, -0.05) is 0 Å². The Balaban J connectivity index is 2.55. The summed E-state index contributed by atoms with van der Waals surface area (Å²) in [5.74, 6) is -0.0990. The first-order valence-corrected chi connectivity index (χ1v) is 4.48. The fourth-order valence-electron chi connectivity index (χ4n) is 1.58. The predicted octanol–water partition coefficient (Wildman–Crippen LogP) is -0.194. The van der Waals surface area contributed by atoms with Gasteiger partial charge in [0.25, 0.3) is 0 Å². The second kappa shape index (κ2) is 4.93. The van der Waals surface area contributed by atoms with E-state index < -0.39 is 12.3 Å². The van der Waals surface area contributed by atoms with Gasteiger partial charge >= 0.3 is 0 Å². The maximum Gasteiger partial charge on any atom is 0.127 e. The number of hydrogen-bond acceptors (Lipinski definition) is 3. The Hall–Kier alpha value is -0.125. The van der Waals surface area contributed by atoms with Gasteiger partial charge in [0.15, 0.2) is 0 Å². The van der Waals surface area contributed by atoms with E-state index in [0.29, 0.717) is 13.2 Å². The molecule has 76 valence electrons. The van der Waals surface area contributed by atoms with Crippen LogP contribution < -0.4 is 0 Å². The summed E-state index contributed by atoms with van der Waals surface area (Å²) in [7, 11) is 4.89. The third-order valence-electron chi connectivity index (χ3n) is 2.40. The molecule has 0 aromatic heterocycles. The van der Waals surface area contributed by atoms with Gasteiger partial charge in [0.05, 0.1) is 6.61 Å². The molecule has 0 saturated carbocycles. The van der Waals surface area contributed by atoms with Crippen LogP contribution in [-0.4, -0.2) is 53.7 Å². The molecule has 0 N–H and O–H groups in total. The van der Waals surface area contributed by atoms with E-state index in [1.54, 1.807) is 7.11 Å². The highest BCUT2D eigenvalue weighted by Gasteiger charge is 2.38.